The van der Waals surface area contributed by atoms with Crippen LogP contribution in [0, 0.1) is 28.6 Å². The molecule has 0 bridgehead atoms. The molecule has 0 aromatic carbocycles. The van der Waals surface area contributed by atoms with Crippen LogP contribution in [-0.2, 0) is 4.79 Å². The largest absolute Gasteiger partial charge is 0.393 e. The van der Waals surface area contributed by atoms with E-state index in [2.05, 4.69) is 25.4 Å². The lowest BCUT2D eigenvalue weighted by atomic mass is 9.48. The van der Waals surface area contributed by atoms with Crippen LogP contribution in [0.15, 0.2) is 11.6 Å². The molecule has 4 nitrogen and oxygen atoms in total. The molecule has 0 aliphatic heterocycles. The molecular formula is C19H29NO3. The van der Waals surface area contributed by atoms with Gasteiger partial charge >= 0.3 is 0 Å². The van der Waals surface area contributed by atoms with Crippen molar-refractivity contribution in [2.75, 3.05) is 0 Å². The van der Waals surface area contributed by atoms with Gasteiger partial charge in [0.05, 0.1) is 12.1 Å². The van der Waals surface area contributed by atoms with Crippen molar-refractivity contribution in [2.24, 2.45) is 28.6 Å². The monoisotopic (exact) mass is 319 g/mol. The van der Waals surface area contributed by atoms with Gasteiger partial charge in [-0.25, -0.2) is 0 Å². The van der Waals surface area contributed by atoms with Crippen LogP contribution in [0.1, 0.15) is 58.8 Å². The average molecular weight is 319 g/mol. The first kappa shape index (κ1) is 15.8. The third kappa shape index (κ3) is 2.04. The number of carbonyl (C=O) groups is 1. The van der Waals surface area contributed by atoms with E-state index in [1.165, 1.54) is 5.57 Å². The van der Waals surface area contributed by atoms with Crippen molar-refractivity contribution >= 4 is 5.78 Å². The summed E-state index contributed by atoms with van der Waals surface area (Å²) in [5.41, 5.74) is 3.88. The number of ketones is 1. The summed E-state index contributed by atoms with van der Waals surface area (Å²) in [4.78, 5) is 12.4. The van der Waals surface area contributed by atoms with Gasteiger partial charge in [0.25, 0.3) is 0 Å². The topological polar surface area (TPSA) is 69.6 Å². The Bertz CT molecular complexity index is 559. The van der Waals surface area contributed by atoms with Crippen LogP contribution in [-0.4, -0.2) is 28.2 Å². The summed E-state index contributed by atoms with van der Waals surface area (Å²) in [6.07, 6.45) is 8.79. The Hall–Kier alpha value is -0.710. The highest BCUT2D eigenvalue weighted by atomic mass is 16.5. The van der Waals surface area contributed by atoms with Crippen molar-refractivity contribution in [3.05, 3.63) is 11.6 Å². The van der Waals surface area contributed by atoms with Gasteiger partial charge in [0.15, 0.2) is 5.78 Å². The number of nitrogens with one attached hydrogen (secondary N) is 1. The standard InChI is InChI=1S/C19H29NO3/c1-18-7-5-12(21)9-11(18)3-4-13-14(18)6-8-19(2)15(13)10-16(22)17(19)20-23/h3,12-15,17,20-21,23H,4-10H2,1-2H3/t12-,13+,14-,15-,17?,18-,19-/m0/s1. The number of carbonyl (C=O) groups excluding carboxylic acids is 1. The molecule has 4 heteroatoms. The highest BCUT2D eigenvalue weighted by Crippen LogP contribution is 2.64. The maximum atomic E-state index is 12.4. The Balaban J connectivity index is 1.68. The molecule has 0 amide bonds. The van der Waals surface area contributed by atoms with Gasteiger partial charge in [0.2, 0.25) is 0 Å². The normalized spacial score (nSPS) is 52.4. The fourth-order valence-electron chi connectivity index (χ4n) is 6.65. The van der Waals surface area contributed by atoms with Crippen LogP contribution < -0.4 is 5.48 Å². The van der Waals surface area contributed by atoms with Crippen molar-refractivity contribution < 1.29 is 15.1 Å². The van der Waals surface area contributed by atoms with Crippen molar-refractivity contribution in [1.82, 2.24) is 5.48 Å². The quantitative estimate of drug-likeness (QED) is 0.513. The van der Waals surface area contributed by atoms with Gasteiger partial charge in [-0.3, -0.25) is 4.79 Å². The number of hydrogen-bond donors (Lipinski definition) is 3. The van der Waals surface area contributed by atoms with Gasteiger partial charge in [0.1, 0.15) is 0 Å². The number of allylic oxidation sites excluding steroid dienone is 1. The number of hydroxylamine groups is 1. The molecule has 4 aliphatic rings. The summed E-state index contributed by atoms with van der Waals surface area (Å²) < 4.78 is 0. The van der Waals surface area contributed by atoms with Crippen LogP contribution in [0.25, 0.3) is 0 Å². The van der Waals surface area contributed by atoms with Gasteiger partial charge in [0, 0.05) is 6.42 Å². The van der Waals surface area contributed by atoms with Crippen molar-refractivity contribution in [3.63, 3.8) is 0 Å². The summed E-state index contributed by atoms with van der Waals surface area (Å²) in [5, 5.41) is 19.5. The molecule has 3 saturated carbocycles. The lowest BCUT2D eigenvalue weighted by Gasteiger charge is -2.57. The van der Waals surface area contributed by atoms with Crippen LogP contribution in [0.3, 0.4) is 0 Å². The van der Waals surface area contributed by atoms with Gasteiger partial charge in [-0.05, 0) is 67.1 Å². The van der Waals surface area contributed by atoms with E-state index in [1.807, 2.05) is 0 Å². The molecule has 7 atom stereocenters. The molecule has 128 valence electrons. The Morgan fingerprint density at radius 1 is 1.17 bits per heavy atom. The van der Waals surface area contributed by atoms with E-state index in [1.54, 1.807) is 0 Å². The minimum Gasteiger partial charge on any atom is -0.393 e. The number of hydrogen-bond acceptors (Lipinski definition) is 4. The SMILES string of the molecule is C[C@]12CC[C@H](O)CC1=CC[C@@H]1[C@@H]2CC[C@]2(C)C(NO)C(=O)C[C@@H]12. The zero-order valence-corrected chi connectivity index (χ0v) is 14.2. The van der Waals surface area contributed by atoms with Crippen molar-refractivity contribution in [3.8, 4) is 0 Å². The van der Waals surface area contributed by atoms with Crippen molar-refractivity contribution in [1.29, 1.82) is 0 Å². The second-order valence-corrected chi connectivity index (χ2v) is 8.93. The molecule has 4 aliphatic carbocycles. The van der Waals surface area contributed by atoms with E-state index in [0.717, 1.165) is 38.5 Å². The third-order valence-electron chi connectivity index (χ3n) is 8.05. The fraction of sp³-hybridized carbons (Fsp3) is 0.842. The second kappa shape index (κ2) is 5.14. The lowest BCUT2D eigenvalue weighted by Crippen LogP contribution is -2.53. The maximum absolute atomic E-state index is 12.4. The number of Topliss-reactive ketones (excluding diaryl/α,β-unsaturated/α-hetero) is 1. The molecular weight excluding hydrogens is 290 g/mol. The molecule has 0 aromatic heterocycles. The smallest absolute Gasteiger partial charge is 0.152 e. The van der Waals surface area contributed by atoms with E-state index >= 15 is 0 Å². The summed E-state index contributed by atoms with van der Waals surface area (Å²) in [7, 11) is 0. The van der Waals surface area contributed by atoms with Gasteiger partial charge in [-0.2, -0.15) is 5.48 Å². The predicted molar refractivity (Wildman–Crippen MR) is 86.8 cm³/mol. The molecule has 23 heavy (non-hydrogen) atoms. The molecule has 0 saturated heterocycles. The van der Waals surface area contributed by atoms with Crippen molar-refractivity contribution in [2.45, 2.75) is 70.9 Å². The van der Waals surface area contributed by atoms with E-state index < -0.39 is 0 Å². The molecule has 1 unspecified atom stereocenters. The zero-order valence-electron chi connectivity index (χ0n) is 14.2. The first-order chi connectivity index (χ1) is 10.9. The Kier molecular flexibility index (Phi) is 3.53. The Labute approximate surface area is 138 Å². The summed E-state index contributed by atoms with van der Waals surface area (Å²) in [6, 6.07) is -0.389. The summed E-state index contributed by atoms with van der Waals surface area (Å²) in [5.74, 6) is 1.72. The van der Waals surface area contributed by atoms with Crippen LogP contribution in [0.5, 0.6) is 0 Å². The van der Waals surface area contributed by atoms with Gasteiger partial charge in [-0.15, -0.1) is 0 Å². The van der Waals surface area contributed by atoms with E-state index in [9.17, 15) is 15.1 Å². The van der Waals surface area contributed by atoms with Gasteiger partial charge in [-0.1, -0.05) is 25.5 Å². The minimum atomic E-state index is -0.389. The number of aliphatic hydroxyl groups is 1. The first-order valence-corrected chi connectivity index (χ1v) is 9.20. The van der Waals surface area contributed by atoms with E-state index in [-0.39, 0.29) is 28.8 Å². The number of aliphatic hydroxyl groups excluding tert-OH is 1. The fourth-order valence-corrected chi connectivity index (χ4v) is 6.65. The molecule has 3 fully saturated rings. The second-order valence-electron chi connectivity index (χ2n) is 8.93. The number of fused-ring (bicyclic) bond motifs is 5. The molecule has 0 radical (unpaired) electrons. The highest BCUT2D eigenvalue weighted by molar-refractivity contribution is 5.87. The lowest BCUT2D eigenvalue weighted by molar-refractivity contribution is -0.123. The van der Waals surface area contributed by atoms with E-state index in [0.29, 0.717) is 24.2 Å². The maximum Gasteiger partial charge on any atom is 0.152 e. The average Bonchev–Trinajstić information content (AvgIpc) is 2.77. The highest BCUT2D eigenvalue weighted by Gasteiger charge is 2.61. The molecule has 3 N–H and O–H groups in total. The Morgan fingerprint density at radius 3 is 2.70 bits per heavy atom. The van der Waals surface area contributed by atoms with Crippen LogP contribution >= 0.6 is 0 Å². The zero-order chi connectivity index (χ0) is 16.4. The Morgan fingerprint density at radius 2 is 1.96 bits per heavy atom. The minimum absolute atomic E-state index is 0.108. The predicted octanol–water partition coefficient (Wildman–Crippen LogP) is 2.84. The first-order valence-electron chi connectivity index (χ1n) is 9.20. The summed E-state index contributed by atoms with van der Waals surface area (Å²) >= 11 is 0. The third-order valence-corrected chi connectivity index (χ3v) is 8.05. The molecule has 4 rings (SSSR count). The van der Waals surface area contributed by atoms with E-state index in [4.69, 9.17) is 0 Å². The van der Waals surface area contributed by atoms with Gasteiger partial charge < -0.3 is 10.3 Å². The summed E-state index contributed by atoms with van der Waals surface area (Å²) in [6.45, 7) is 4.58. The number of rotatable bonds is 1. The molecule has 0 heterocycles. The molecule has 0 spiro atoms. The van der Waals surface area contributed by atoms with Crippen LogP contribution in [0.4, 0.5) is 0 Å². The molecule has 0 aromatic rings. The van der Waals surface area contributed by atoms with Crippen LogP contribution in [0.2, 0.25) is 0 Å².